The van der Waals surface area contributed by atoms with Gasteiger partial charge in [0.2, 0.25) is 5.91 Å². The van der Waals surface area contributed by atoms with Crippen molar-refractivity contribution in [2.24, 2.45) is 0 Å². The molecule has 1 aliphatic rings. The summed E-state index contributed by atoms with van der Waals surface area (Å²) in [7, 11) is 0. The Morgan fingerprint density at radius 3 is 2.59 bits per heavy atom. The van der Waals surface area contributed by atoms with Gasteiger partial charge in [0.1, 0.15) is 12.2 Å². The molecular weight excluding hydrogens is 404 g/mol. The van der Waals surface area contributed by atoms with Crippen molar-refractivity contribution in [2.75, 3.05) is 11.9 Å². The third-order valence-corrected chi connectivity index (χ3v) is 5.47. The molecule has 32 heavy (non-hydrogen) atoms. The average Bonchev–Trinajstić information content (AvgIpc) is 3.30. The number of nitrogens with one attached hydrogen (secondary N) is 2. The van der Waals surface area contributed by atoms with E-state index in [1.807, 2.05) is 80.1 Å². The quantitative estimate of drug-likeness (QED) is 0.477. The number of aryl methyl sites for hydroxylation is 2. The van der Waals surface area contributed by atoms with E-state index in [-0.39, 0.29) is 12.2 Å². The predicted octanol–water partition coefficient (Wildman–Crippen LogP) is 3.93. The van der Waals surface area contributed by atoms with E-state index in [0.29, 0.717) is 5.69 Å². The van der Waals surface area contributed by atoms with Crippen LogP contribution in [-0.2, 0) is 9.59 Å². The lowest BCUT2D eigenvalue weighted by molar-refractivity contribution is -0.127. The smallest absolute Gasteiger partial charge is 0.325 e. The molecule has 0 atom stereocenters. The number of hydrogen-bond acceptors (Lipinski definition) is 3. The number of nitrogens with zero attached hydrogens (tertiary/aromatic N) is 2. The Bertz CT molecular complexity index is 1260. The molecule has 2 aromatic carbocycles. The molecule has 1 saturated heterocycles. The van der Waals surface area contributed by atoms with Gasteiger partial charge in [-0.25, -0.2) is 9.69 Å². The highest BCUT2D eigenvalue weighted by molar-refractivity contribution is 6.15. The van der Waals surface area contributed by atoms with Crippen LogP contribution in [0.3, 0.4) is 0 Å². The molecule has 0 unspecified atom stereocenters. The van der Waals surface area contributed by atoms with Gasteiger partial charge in [0.25, 0.3) is 5.91 Å². The number of rotatable bonds is 5. The summed E-state index contributed by atoms with van der Waals surface area (Å²) in [6.07, 6.45) is 3.53. The maximum atomic E-state index is 12.8. The van der Waals surface area contributed by atoms with Crippen molar-refractivity contribution in [3.63, 3.8) is 0 Å². The molecule has 4 amide bonds. The van der Waals surface area contributed by atoms with Gasteiger partial charge in [-0.2, -0.15) is 0 Å². The topological polar surface area (TPSA) is 83.4 Å². The average molecular weight is 428 g/mol. The first-order valence-corrected chi connectivity index (χ1v) is 10.3. The Kier molecular flexibility index (Phi) is 5.64. The summed E-state index contributed by atoms with van der Waals surface area (Å²) in [5.74, 6) is -0.984. The molecule has 1 aliphatic heterocycles. The molecule has 162 valence electrons. The molecule has 0 bridgehead atoms. The molecule has 1 aromatic heterocycles. The highest BCUT2D eigenvalue weighted by Gasteiger charge is 2.35. The van der Waals surface area contributed by atoms with Gasteiger partial charge in [0, 0.05) is 23.3 Å². The molecule has 7 heteroatoms. The first-order valence-electron chi connectivity index (χ1n) is 10.3. The third kappa shape index (κ3) is 4.18. The zero-order chi connectivity index (χ0) is 22.8. The maximum absolute atomic E-state index is 12.8. The lowest BCUT2D eigenvalue weighted by atomic mass is 10.1. The molecule has 1 fully saturated rings. The van der Waals surface area contributed by atoms with E-state index in [2.05, 4.69) is 10.6 Å². The van der Waals surface area contributed by atoms with E-state index in [1.165, 1.54) is 0 Å². The molecule has 7 nitrogen and oxygen atoms in total. The Balaban J connectivity index is 1.53. The van der Waals surface area contributed by atoms with E-state index in [0.717, 1.165) is 33.0 Å². The van der Waals surface area contributed by atoms with Crippen molar-refractivity contribution in [3.8, 4) is 5.69 Å². The molecule has 2 N–H and O–H groups in total. The molecule has 2 heterocycles. The SMILES string of the molecule is Cc1cccc(NC(=O)CN2C(=O)N/C(=C/c3cccn3-c3cccc(C)c3C)C2=O)c1. The fourth-order valence-corrected chi connectivity index (χ4v) is 3.66. The number of hydrogen-bond donors (Lipinski definition) is 2. The van der Waals surface area contributed by atoms with E-state index < -0.39 is 17.8 Å². The van der Waals surface area contributed by atoms with Gasteiger partial charge < -0.3 is 15.2 Å². The molecule has 4 rings (SSSR count). The number of urea groups is 1. The summed E-state index contributed by atoms with van der Waals surface area (Å²) >= 11 is 0. The van der Waals surface area contributed by atoms with Crippen LogP contribution in [0.25, 0.3) is 11.8 Å². The minimum Gasteiger partial charge on any atom is -0.325 e. The zero-order valence-corrected chi connectivity index (χ0v) is 18.2. The van der Waals surface area contributed by atoms with Crippen LogP contribution in [0.2, 0.25) is 0 Å². The van der Waals surface area contributed by atoms with Crippen LogP contribution in [-0.4, -0.2) is 33.9 Å². The fourth-order valence-electron chi connectivity index (χ4n) is 3.66. The second-order valence-electron chi connectivity index (χ2n) is 7.82. The van der Waals surface area contributed by atoms with Gasteiger partial charge in [0.05, 0.1) is 0 Å². The second-order valence-corrected chi connectivity index (χ2v) is 7.82. The van der Waals surface area contributed by atoms with Gasteiger partial charge in [-0.05, 0) is 73.9 Å². The molecule has 0 radical (unpaired) electrons. The van der Waals surface area contributed by atoms with Crippen LogP contribution < -0.4 is 10.6 Å². The van der Waals surface area contributed by atoms with Crippen LogP contribution in [0.15, 0.2) is 66.5 Å². The Hall–Kier alpha value is -4.13. The normalized spacial score (nSPS) is 14.7. The summed E-state index contributed by atoms with van der Waals surface area (Å²) in [6.45, 7) is 5.63. The number of amides is 4. The van der Waals surface area contributed by atoms with Crippen LogP contribution in [0.1, 0.15) is 22.4 Å². The highest BCUT2D eigenvalue weighted by Crippen LogP contribution is 2.22. The van der Waals surface area contributed by atoms with Crippen LogP contribution in [0, 0.1) is 20.8 Å². The van der Waals surface area contributed by atoms with Gasteiger partial charge in [-0.15, -0.1) is 0 Å². The number of carbonyl (C=O) groups is 3. The number of carbonyl (C=O) groups excluding carboxylic acids is 3. The van der Waals surface area contributed by atoms with Crippen molar-refractivity contribution in [1.82, 2.24) is 14.8 Å². The first-order chi connectivity index (χ1) is 15.3. The number of anilines is 1. The predicted molar refractivity (Wildman–Crippen MR) is 123 cm³/mol. The maximum Gasteiger partial charge on any atom is 0.329 e. The summed E-state index contributed by atoms with van der Waals surface area (Å²) in [5, 5.41) is 5.30. The second kappa shape index (κ2) is 8.55. The molecule has 0 aliphatic carbocycles. The van der Waals surface area contributed by atoms with Crippen molar-refractivity contribution in [2.45, 2.75) is 20.8 Å². The molecule has 0 spiro atoms. The standard InChI is InChI=1S/C25H24N4O3/c1-16-7-4-9-19(13-16)26-23(30)15-29-24(31)21(27-25(29)32)14-20-10-6-12-28(20)22-11-5-8-17(2)18(22)3/h4-14H,15H2,1-3H3,(H,26,30)(H,27,32)/b21-14+. The van der Waals surface area contributed by atoms with Gasteiger partial charge in [-0.1, -0.05) is 24.3 Å². The van der Waals surface area contributed by atoms with Crippen LogP contribution >= 0.6 is 0 Å². The fraction of sp³-hybridized carbons (Fsp3) is 0.160. The Labute approximate surface area is 186 Å². The van der Waals surface area contributed by atoms with E-state index in [1.54, 1.807) is 12.1 Å². The lowest BCUT2D eigenvalue weighted by Gasteiger charge is -2.13. The molecule has 3 aromatic rings. The minimum absolute atomic E-state index is 0.128. The monoisotopic (exact) mass is 428 g/mol. The molecular formula is C25H24N4O3. The highest BCUT2D eigenvalue weighted by atomic mass is 16.2. The first kappa shape index (κ1) is 21.1. The number of imide groups is 1. The van der Waals surface area contributed by atoms with Crippen molar-refractivity contribution in [1.29, 1.82) is 0 Å². The van der Waals surface area contributed by atoms with E-state index in [4.69, 9.17) is 0 Å². The number of benzene rings is 2. The largest absolute Gasteiger partial charge is 0.329 e. The zero-order valence-electron chi connectivity index (χ0n) is 18.2. The third-order valence-electron chi connectivity index (χ3n) is 5.47. The van der Waals surface area contributed by atoms with Gasteiger partial charge >= 0.3 is 6.03 Å². The van der Waals surface area contributed by atoms with Gasteiger partial charge in [-0.3, -0.25) is 9.59 Å². The minimum atomic E-state index is -0.620. The van der Waals surface area contributed by atoms with Crippen LogP contribution in [0.4, 0.5) is 10.5 Å². The van der Waals surface area contributed by atoms with Gasteiger partial charge in [0.15, 0.2) is 0 Å². The Morgan fingerprint density at radius 2 is 1.81 bits per heavy atom. The summed E-state index contributed by atoms with van der Waals surface area (Å²) < 4.78 is 1.96. The Morgan fingerprint density at radius 1 is 1.03 bits per heavy atom. The summed E-state index contributed by atoms with van der Waals surface area (Å²) in [5.41, 5.74) is 5.76. The summed E-state index contributed by atoms with van der Waals surface area (Å²) in [6, 6.07) is 16.5. The summed E-state index contributed by atoms with van der Waals surface area (Å²) in [4.78, 5) is 38.5. The molecule has 0 saturated carbocycles. The lowest BCUT2D eigenvalue weighted by Crippen LogP contribution is -2.38. The van der Waals surface area contributed by atoms with E-state index >= 15 is 0 Å². The van der Waals surface area contributed by atoms with Crippen molar-refractivity contribution < 1.29 is 14.4 Å². The van der Waals surface area contributed by atoms with Crippen molar-refractivity contribution in [3.05, 3.63) is 88.9 Å². The van der Waals surface area contributed by atoms with Crippen molar-refractivity contribution >= 4 is 29.6 Å². The van der Waals surface area contributed by atoms with E-state index in [9.17, 15) is 14.4 Å². The number of aromatic nitrogens is 1. The van der Waals surface area contributed by atoms with Crippen LogP contribution in [0.5, 0.6) is 0 Å².